The van der Waals surface area contributed by atoms with Gasteiger partial charge in [-0.1, -0.05) is 68.8 Å². The molecule has 1 amide bonds. The molecule has 1 aromatic heterocycles. The smallest absolute Gasteiger partial charge is 0.227 e. The Balaban J connectivity index is 1.69. The van der Waals surface area contributed by atoms with E-state index < -0.39 is 0 Å². The highest BCUT2D eigenvalue weighted by Crippen LogP contribution is 2.38. The fourth-order valence-electron chi connectivity index (χ4n) is 3.92. The van der Waals surface area contributed by atoms with Crippen LogP contribution in [0.3, 0.4) is 0 Å². The lowest BCUT2D eigenvalue weighted by Gasteiger charge is -2.35. The number of rotatable bonds is 3. The van der Waals surface area contributed by atoms with Crippen LogP contribution in [0.5, 0.6) is 5.75 Å². The van der Waals surface area contributed by atoms with Crippen molar-refractivity contribution in [3.63, 3.8) is 0 Å². The Kier molecular flexibility index (Phi) is 5.60. The second kappa shape index (κ2) is 8.05. The van der Waals surface area contributed by atoms with Crippen LogP contribution >= 0.6 is 22.9 Å². The van der Waals surface area contributed by atoms with Gasteiger partial charge in [0.25, 0.3) is 0 Å². The molecule has 1 N–H and O–H groups in total. The van der Waals surface area contributed by atoms with Crippen LogP contribution in [0, 0.1) is 0 Å². The van der Waals surface area contributed by atoms with E-state index >= 15 is 0 Å². The zero-order valence-electron chi connectivity index (χ0n) is 17.4. The molecule has 0 spiro atoms. The largest absolute Gasteiger partial charge is 0.506 e. The Bertz CT molecular complexity index is 1070. The lowest BCUT2D eigenvalue weighted by Crippen LogP contribution is -2.41. The number of amides is 1. The van der Waals surface area contributed by atoms with E-state index in [4.69, 9.17) is 11.6 Å². The topological polar surface area (TPSA) is 53.4 Å². The minimum Gasteiger partial charge on any atom is -0.506 e. The van der Waals surface area contributed by atoms with E-state index in [1.807, 2.05) is 46.8 Å². The highest BCUT2D eigenvalue weighted by Gasteiger charge is 2.34. The van der Waals surface area contributed by atoms with E-state index in [9.17, 15) is 9.90 Å². The molecular weight excluding hydrogens is 416 g/mol. The number of thiazole rings is 1. The van der Waals surface area contributed by atoms with E-state index in [0.29, 0.717) is 12.1 Å². The summed E-state index contributed by atoms with van der Waals surface area (Å²) in [5.74, 6) is -0.0550. The molecule has 0 bridgehead atoms. The number of hydrogen-bond acceptors (Lipinski definition) is 4. The number of benzene rings is 2. The summed E-state index contributed by atoms with van der Waals surface area (Å²) in [4.78, 5) is 21.2. The van der Waals surface area contributed by atoms with Gasteiger partial charge in [-0.05, 0) is 22.6 Å². The summed E-state index contributed by atoms with van der Waals surface area (Å²) in [6, 6.07) is 13.5. The molecule has 2 aromatic carbocycles. The minimum absolute atomic E-state index is 0.0133. The normalized spacial score (nSPS) is 16.4. The van der Waals surface area contributed by atoms with E-state index in [1.54, 1.807) is 17.4 Å². The number of fused-ring (bicyclic) bond motifs is 1. The van der Waals surface area contributed by atoms with Crippen LogP contribution in [0.2, 0.25) is 5.02 Å². The van der Waals surface area contributed by atoms with Crippen LogP contribution in [-0.2, 0) is 23.1 Å². The zero-order chi connectivity index (χ0) is 21.5. The average Bonchev–Trinajstić information content (AvgIpc) is 3.19. The number of phenols is 1. The first kappa shape index (κ1) is 20.9. The molecule has 4 rings (SSSR count). The Morgan fingerprint density at radius 3 is 2.70 bits per heavy atom. The molecule has 6 heteroatoms. The van der Waals surface area contributed by atoms with E-state index in [1.165, 1.54) is 4.88 Å². The van der Waals surface area contributed by atoms with Gasteiger partial charge in [0.05, 0.1) is 22.6 Å². The van der Waals surface area contributed by atoms with Crippen molar-refractivity contribution in [3.05, 3.63) is 80.3 Å². The van der Waals surface area contributed by atoms with Crippen molar-refractivity contribution in [2.24, 2.45) is 0 Å². The molecule has 3 aromatic rings. The molecule has 156 valence electrons. The number of hydrogen-bond donors (Lipinski definition) is 1. The molecule has 4 nitrogen and oxygen atoms in total. The van der Waals surface area contributed by atoms with Crippen molar-refractivity contribution in [1.82, 2.24) is 9.88 Å². The maximum absolute atomic E-state index is 13.5. The monoisotopic (exact) mass is 440 g/mol. The number of halogens is 1. The van der Waals surface area contributed by atoms with Gasteiger partial charge in [-0.25, -0.2) is 4.98 Å². The molecule has 1 atom stereocenters. The molecular formula is C24H25ClN2O2S. The van der Waals surface area contributed by atoms with Crippen molar-refractivity contribution < 1.29 is 9.90 Å². The van der Waals surface area contributed by atoms with Crippen molar-refractivity contribution >= 4 is 28.8 Å². The number of carbonyl (C=O) groups excluding carboxylic acids is 1. The van der Waals surface area contributed by atoms with E-state index in [-0.39, 0.29) is 34.6 Å². The number of aromatic nitrogens is 1. The number of nitrogens with zero attached hydrogens (tertiary/aromatic N) is 2. The molecule has 1 aliphatic heterocycles. The van der Waals surface area contributed by atoms with E-state index in [2.05, 4.69) is 25.8 Å². The van der Waals surface area contributed by atoms with Crippen molar-refractivity contribution in [2.45, 2.75) is 45.1 Å². The van der Waals surface area contributed by atoms with Gasteiger partial charge in [0.1, 0.15) is 11.8 Å². The number of aromatic hydroxyl groups is 1. The van der Waals surface area contributed by atoms with Crippen molar-refractivity contribution in [2.75, 3.05) is 6.54 Å². The van der Waals surface area contributed by atoms with Crippen molar-refractivity contribution in [1.29, 1.82) is 0 Å². The first-order chi connectivity index (χ1) is 14.3. The lowest BCUT2D eigenvalue weighted by molar-refractivity contribution is -0.132. The lowest BCUT2D eigenvalue weighted by atomic mass is 9.85. The summed E-state index contributed by atoms with van der Waals surface area (Å²) < 4.78 is 0. The molecule has 30 heavy (non-hydrogen) atoms. The van der Waals surface area contributed by atoms with Gasteiger partial charge in [-0.15, -0.1) is 11.3 Å². The molecule has 0 radical (unpaired) electrons. The molecule has 0 unspecified atom stereocenters. The number of phenolic OH excluding ortho intramolecular Hbond substituents is 1. The summed E-state index contributed by atoms with van der Waals surface area (Å²) in [5.41, 5.74) is 5.27. The van der Waals surface area contributed by atoms with Gasteiger partial charge >= 0.3 is 0 Å². The molecule has 2 heterocycles. The Morgan fingerprint density at radius 2 is 2.00 bits per heavy atom. The molecule has 0 aliphatic carbocycles. The summed E-state index contributed by atoms with van der Waals surface area (Å²) in [6.45, 7) is 6.88. The Morgan fingerprint density at radius 1 is 1.27 bits per heavy atom. The van der Waals surface area contributed by atoms with Gasteiger partial charge in [0.2, 0.25) is 5.91 Å². The van der Waals surface area contributed by atoms with Crippen LogP contribution in [-0.4, -0.2) is 27.4 Å². The Labute approximate surface area is 186 Å². The molecule has 0 saturated heterocycles. The van der Waals surface area contributed by atoms with Gasteiger partial charge in [-0.2, -0.15) is 0 Å². The fraction of sp³-hybridized carbons (Fsp3) is 0.333. The van der Waals surface area contributed by atoms with Crippen molar-refractivity contribution in [3.8, 4) is 5.75 Å². The highest BCUT2D eigenvalue weighted by atomic mass is 35.5. The quantitative estimate of drug-likeness (QED) is 0.583. The summed E-state index contributed by atoms with van der Waals surface area (Å²) in [7, 11) is 0. The van der Waals surface area contributed by atoms with Gasteiger partial charge < -0.3 is 10.0 Å². The predicted octanol–water partition coefficient (Wildman–Crippen LogP) is 5.52. The Hall–Kier alpha value is -2.37. The SMILES string of the molecule is CC(C)(C)c1cc(Cl)c(O)c(CC(=O)N2CCc3scnc3[C@H]2c2ccccc2)c1. The third-order valence-corrected chi connectivity index (χ3v) is 6.81. The van der Waals surface area contributed by atoms with Crippen LogP contribution in [0.25, 0.3) is 0 Å². The molecule has 0 fully saturated rings. The second-order valence-corrected chi connectivity index (χ2v) is 10.1. The van der Waals surface area contributed by atoms with Crippen LogP contribution in [0.15, 0.2) is 48.0 Å². The maximum atomic E-state index is 13.5. The highest BCUT2D eigenvalue weighted by molar-refractivity contribution is 7.09. The fourth-order valence-corrected chi connectivity index (χ4v) is 4.94. The van der Waals surface area contributed by atoms with Gasteiger partial charge in [-0.3, -0.25) is 4.79 Å². The summed E-state index contributed by atoms with van der Waals surface area (Å²) in [5, 5.41) is 10.8. The summed E-state index contributed by atoms with van der Waals surface area (Å²) >= 11 is 7.93. The van der Waals surface area contributed by atoms with Gasteiger partial charge in [0.15, 0.2) is 0 Å². The van der Waals surface area contributed by atoms with Gasteiger partial charge in [0, 0.05) is 23.4 Å². The van der Waals surface area contributed by atoms with Crippen LogP contribution < -0.4 is 0 Å². The third kappa shape index (κ3) is 3.96. The second-order valence-electron chi connectivity index (χ2n) is 8.70. The zero-order valence-corrected chi connectivity index (χ0v) is 18.9. The average molecular weight is 441 g/mol. The standard InChI is InChI=1S/C24H25ClN2O2S/c1-24(2,3)17-11-16(23(29)18(25)13-17)12-20(28)27-10-9-19-21(26-14-30-19)22(27)15-7-5-4-6-8-15/h4-8,11,13-14,22,29H,9-10,12H2,1-3H3/t22-/m1/s1. The number of carbonyl (C=O) groups is 1. The third-order valence-electron chi connectivity index (χ3n) is 5.61. The minimum atomic E-state index is -0.211. The molecule has 0 saturated carbocycles. The van der Waals surface area contributed by atoms with E-state index in [0.717, 1.165) is 23.2 Å². The molecule has 1 aliphatic rings. The maximum Gasteiger partial charge on any atom is 0.227 e. The summed E-state index contributed by atoms with van der Waals surface area (Å²) in [6.07, 6.45) is 0.891. The first-order valence-electron chi connectivity index (χ1n) is 10.0. The first-order valence-corrected chi connectivity index (χ1v) is 11.3. The van der Waals surface area contributed by atoms with Crippen LogP contribution in [0.1, 0.15) is 54.1 Å². The predicted molar refractivity (Wildman–Crippen MR) is 121 cm³/mol. The van der Waals surface area contributed by atoms with Crippen LogP contribution in [0.4, 0.5) is 0 Å².